The van der Waals surface area contributed by atoms with Gasteiger partial charge in [-0.1, -0.05) is 29.8 Å². The zero-order valence-electron chi connectivity index (χ0n) is 20.0. The summed E-state index contributed by atoms with van der Waals surface area (Å²) < 4.78 is 0. The molecule has 0 spiro atoms. The number of carbonyl (C=O) groups is 3. The Labute approximate surface area is 217 Å². The summed E-state index contributed by atoms with van der Waals surface area (Å²) in [6.07, 6.45) is 0.223. The molecule has 4 atom stereocenters. The van der Waals surface area contributed by atoms with Gasteiger partial charge in [-0.2, -0.15) is 0 Å². The molecule has 3 aliphatic rings. The Morgan fingerprint density at radius 3 is 2.46 bits per heavy atom. The number of likely N-dealkylation sites (N-methyl/N-ethyl adjacent to an activating group) is 1. The Morgan fingerprint density at radius 2 is 1.84 bits per heavy atom. The summed E-state index contributed by atoms with van der Waals surface area (Å²) in [7, 11) is 3.12. The van der Waals surface area contributed by atoms with Gasteiger partial charge in [0.25, 0.3) is 5.91 Å². The fraction of sp³-hybridized carbons (Fsp3) is 0.296. The number of aliphatic hydroxyl groups excluding tert-OH is 2. The highest BCUT2D eigenvalue weighted by Crippen LogP contribution is 2.53. The number of hydrogen-bond donors (Lipinski definition) is 5. The van der Waals surface area contributed by atoms with Crippen LogP contribution in [0.2, 0.25) is 5.02 Å². The lowest BCUT2D eigenvalue weighted by molar-refractivity contribution is -0.153. The fourth-order valence-corrected chi connectivity index (χ4v) is 6.36. The summed E-state index contributed by atoms with van der Waals surface area (Å²) in [5.41, 5.74) is 3.69. The zero-order valence-corrected chi connectivity index (χ0v) is 20.8. The molecule has 0 aliphatic heterocycles. The van der Waals surface area contributed by atoms with Crippen LogP contribution in [0.25, 0.3) is 16.9 Å². The second-order valence-electron chi connectivity index (χ2n) is 9.96. The summed E-state index contributed by atoms with van der Waals surface area (Å²) in [5.74, 6) is -6.79. The number of carbonyl (C=O) groups excluding carboxylic acids is 3. The van der Waals surface area contributed by atoms with Crippen molar-refractivity contribution in [2.24, 2.45) is 17.6 Å². The maximum absolute atomic E-state index is 13.9. The van der Waals surface area contributed by atoms with Crippen molar-refractivity contribution in [2.45, 2.75) is 24.5 Å². The molecule has 0 radical (unpaired) electrons. The summed E-state index contributed by atoms with van der Waals surface area (Å²) in [4.78, 5) is 40.6. The van der Waals surface area contributed by atoms with Crippen LogP contribution in [-0.4, -0.2) is 68.5 Å². The number of phenols is 1. The van der Waals surface area contributed by atoms with Crippen molar-refractivity contribution in [1.29, 1.82) is 0 Å². The third-order valence-electron chi connectivity index (χ3n) is 7.74. The molecule has 5 rings (SSSR count). The SMILES string of the molecule is CN(C)[C@@H]1C(=O)C(C(N)=O)=C(O)[C@@]2(O)C(=O)C3=C(O)c4c(O)ccc(-c5cccc(Cl)c5)c4C[C@H]3C[C@@H]12. The van der Waals surface area contributed by atoms with Crippen molar-refractivity contribution in [3.05, 3.63) is 69.5 Å². The minimum Gasteiger partial charge on any atom is -0.508 e. The van der Waals surface area contributed by atoms with Crippen LogP contribution in [0, 0.1) is 11.8 Å². The number of halogens is 1. The van der Waals surface area contributed by atoms with Crippen LogP contribution in [0.15, 0.2) is 53.3 Å². The van der Waals surface area contributed by atoms with Crippen LogP contribution in [0.4, 0.5) is 0 Å². The fourth-order valence-electron chi connectivity index (χ4n) is 6.17. The van der Waals surface area contributed by atoms with Gasteiger partial charge < -0.3 is 26.2 Å². The molecular formula is C27H25ClN2O7. The highest BCUT2D eigenvalue weighted by molar-refractivity contribution is 6.30. The molecule has 9 nitrogen and oxygen atoms in total. The molecule has 2 aromatic rings. The highest BCUT2D eigenvalue weighted by atomic mass is 35.5. The number of amides is 1. The number of aliphatic hydroxyl groups is 3. The monoisotopic (exact) mass is 524 g/mol. The van der Waals surface area contributed by atoms with E-state index in [1.54, 1.807) is 38.4 Å². The van der Waals surface area contributed by atoms with Crippen molar-refractivity contribution < 1.29 is 34.8 Å². The summed E-state index contributed by atoms with van der Waals surface area (Å²) >= 11 is 6.19. The van der Waals surface area contributed by atoms with Gasteiger partial charge >= 0.3 is 0 Å². The number of nitrogens with zero attached hydrogens (tertiary/aromatic N) is 1. The standard InChI is InChI=1S/C27H25ClN2O7/c1-30(2)21-16-10-12-9-15-14(11-4-3-5-13(28)8-11)6-7-17(31)19(15)22(32)18(12)24(34)27(16,37)25(35)20(23(21)33)26(29)36/h3-8,12,16,21,31-32,35,37H,9-10H2,1-2H3,(H2,29,36)/t12-,16-,21-,27-/m0/s1. The largest absolute Gasteiger partial charge is 0.508 e. The van der Waals surface area contributed by atoms with Crippen LogP contribution in [-0.2, 0) is 20.8 Å². The second-order valence-corrected chi connectivity index (χ2v) is 10.4. The van der Waals surface area contributed by atoms with E-state index in [1.807, 2.05) is 6.07 Å². The molecular weight excluding hydrogens is 500 g/mol. The van der Waals surface area contributed by atoms with Crippen LogP contribution in [0.3, 0.4) is 0 Å². The number of Topliss-reactive ketones (excluding diaryl/α,β-unsaturated/α-hetero) is 2. The smallest absolute Gasteiger partial charge is 0.255 e. The molecule has 0 saturated heterocycles. The Balaban J connectivity index is 1.75. The minimum absolute atomic E-state index is 0.0242. The van der Waals surface area contributed by atoms with Crippen LogP contribution < -0.4 is 5.73 Å². The van der Waals surface area contributed by atoms with Gasteiger partial charge in [-0.05, 0) is 67.7 Å². The first-order valence-corrected chi connectivity index (χ1v) is 12.0. The van der Waals surface area contributed by atoms with E-state index in [1.165, 1.54) is 11.0 Å². The van der Waals surface area contributed by atoms with Gasteiger partial charge in [0, 0.05) is 16.5 Å². The highest BCUT2D eigenvalue weighted by Gasteiger charge is 2.64. The predicted molar refractivity (Wildman–Crippen MR) is 135 cm³/mol. The average Bonchev–Trinajstić information content (AvgIpc) is 2.81. The Bertz CT molecular complexity index is 1460. The molecule has 1 fully saturated rings. The number of ketones is 2. The zero-order chi connectivity index (χ0) is 27.0. The van der Waals surface area contributed by atoms with Gasteiger partial charge in [0.1, 0.15) is 22.8 Å². The minimum atomic E-state index is -2.66. The number of nitrogens with two attached hydrogens (primary N) is 1. The lowest BCUT2D eigenvalue weighted by Gasteiger charge is -2.50. The molecule has 1 amide bonds. The van der Waals surface area contributed by atoms with Gasteiger partial charge in [0.05, 0.1) is 11.6 Å². The van der Waals surface area contributed by atoms with E-state index in [-0.39, 0.29) is 29.7 Å². The van der Waals surface area contributed by atoms with Gasteiger partial charge in [-0.15, -0.1) is 0 Å². The third kappa shape index (κ3) is 3.42. The maximum Gasteiger partial charge on any atom is 0.255 e. The molecule has 1 saturated carbocycles. The quantitative estimate of drug-likeness (QED) is 0.382. The van der Waals surface area contributed by atoms with E-state index >= 15 is 0 Å². The lowest BCUT2D eigenvalue weighted by atomic mass is 9.57. The van der Waals surface area contributed by atoms with Gasteiger partial charge in [0.2, 0.25) is 5.78 Å². The van der Waals surface area contributed by atoms with E-state index in [0.29, 0.717) is 16.1 Å². The molecule has 192 valence electrons. The van der Waals surface area contributed by atoms with Gasteiger partial charge in [-0.25, -0.2) is 0 Å². The summed E-state index contributed by atoms with van der Waals surface area (Å²) in [6, 6.07) is 9.01. The van der Waals surface area contributed by atoms with Crippen molar-refractivity contribution >= 4 is 34.8 Å². The first-order chi connectivity index (χ1) is 17.4. The maximum atomic E-state index is 13.9. The van der Waals surface area contributed by atoms with Crippen LogP contribution in [0.5, 0.6) is 5.75 Å². The van der Waals surface area contributed by atoms with Gasteiger partial charge in [-0.3, -0.25) is 19.3 Å². The van der Waals surface area contributed by atoms with E-state index in [4.69, 9.17) is 17.3 Å². The first-order valence-electron chi connectivity index (χ1n) is 11.6. The molecule has 0 aromatic heterocycles. The van der Waals surface area contributed by atoms with E-state index in [9.17, 15) is 34.8 Å². The number of aromatic hydroxyl groups is 1. The van der Waals surface area contributed by atoms with Crippen molar-refractivity contribution in [3.8, 4) is 16.9 Å². The molecule has 10 heteroatoms. The molecule has 0 bridgehead atoms. The summed E-state index contributed by atoms with van der Waals surface area (Å²) in [5, 5.41) is 45.0. The van der Waals surface area contributed by atoms with Crippen molar-refractivity contribution in [1.82, 2.24) is 4.90 Å². The normalized spacial score (nSPS) is 27.2. The number of primary amides is 1. The Morgan fingerprint density at radius 1 is 1.14 bits per heavy atom. The number of rotatable bonds is 3. The Hall–Kier alpha value is -3.66. The van der Waals surface area contributed by atoms with Crippen LogP contribution >= 0.6 is 11.6 Å². The van der Waals surface area contributed by atoms with Crippen LogP contribution in [0.1, 0.15) is 17.5 Å². The predicted octanol–water partition coefficient (Wildman–Crippen LogP) is 2.28. The molecule has 6 N–H and O–H groups in total. The third-order valence-corrected chi connectivity index (χ3v) is 7.97. The number of fused-ring (bicyclic) bond motifs is 3. The lowest BCUT2D eigenvalue weighted by Crippen LogP contribution is -2.65. The van der Waals surface area contributed by atoms with Crippen molar-refractivity contribution in [3.63, 3.8) is 0 Å². The van der Waals surface area contributed by atoms with E-state index in [0.717, 1.165) is 5.56 Å². The number of hydrogen-bond acceptors (Lipinski definition) is 8. The van der Waals surface area contributed by atoms with E-state index < -0.39 is 58.0 Å². The molecule has 3 aliphatic carbocycles. The summed E-state index contributed by atoms with van der Waals surface area (Å²) in [6.45, 7) is 0. The number of phenolic OH excluding ortho intramolecular Hbond substituents is 1. The molecule has 0 heterocycles. The van der Waals surface area contributed by atoms with E-state index in [2.05, 4.69) is 0 Å². The molecule has 2 aromatic carbocycles. The number of benzene rings is 2. The molecule has 37 heavy (non-hydrogen) atoms. The molecule has 0 unspecified atom stereocenters. The van der Waals surface area contributed by atoms with Gasteiger partial charge in [0.15, 0.2) is 11.4 Å². The Kier molecular flexibility index (Phi) is 5.71. The second kappa shape index (κ2) is 8.44. The first kappa shape index (κ1) is 25.0. The average molecular weight is 525 g/mol. The van der Waals surface area contributed by atoms with Crippen molar-refractivity contribution in [2.75, 3.05) is 14.1 Å². The topological polar surface area (TPSA) is 161 Å².